The van der Waals surface area contributed by atoms with Crippen LogP contribution >= 0.6 is 0 Å². The molecule has 0 aliphatic carbocycles. The summed E-state index contributed by atoms with van der Waals surface area (Å²) in [5, 5.41) is 2.65. The number of benzene rings is 2. The number of ether oxygens (including phenoxy) is 1. The zero-order valence-corrected chi connectivity index (χ0v) is 15.9. The number of sulfonamides is 1. The Kier molecular flexibility index (Phi) is 6.57. The summed E-state index contributed by atoms with van der Waals surface area (Å²) in [6, 6.07) is 10.7. The summed E-state index contributed by atoms with van der Waals surface area (Å²) in [7, 11) is -3.82. The topological polar surface area (TPSA) is 75.7 Å². The Hall–Kier alpha value is -2.87. The first-order valence-electron chi connectivity index (χ1n) is 8.12. The quantitative estimate of drug-likeness (QED) is 0.700. The van der Waals surface area contributed by atoms with Crippen molar-refractivity contribution in [2.45, 2.75) is 13.0 Å². The zero-order chi connectivity index (χ0) is 20.0. The van der Waals surface area contributed by atoms with Gasteiger partial charge in [-0.05, 0) is 37.3 Å². The van der Waals surface area contributed by atoms with Crippen LogP contribution in [0.4, 0.5) is 15.8 Å². The van der Waals surface area contributed by atoms with Crippen LogP contribution in [0.1, 0.15) is 6.92 Å². The predicted molar refractivity (Wildman–Crippen MR) is 104 cm³/mol. The van der Waals surface area contributed by atoms with E-state index in [4.69, 9.17) is 4.74 Å². The van der Waals surface area contributed by atoms with E-state index in [0.29, 0.717) is 18.0 Å². The molecule has 0 saturated carbocycles. The molecule has 0 bridgehead atoms. The molecule has 1 N–H and O–H groups in total. The van der Waals surface area contributed by atoms with Gasteiger partial charge < -0.3 is 10.1 Å². The minimum absolute atomic E-state index is 0.0724. The lowest BCUT2D eigenvalue weighted by molar-refractivity contribution is -0.116. The van der Waals surface area contributed by atoms with Crippen molar-refractivity contribution in [1.82, 2.24) is 0 Å². The van der Waals surface area contributed by atoms with Crippen molar-refractivity contribution >= 4 is 27.3 Å². The van der Waals surface area contributed by atoms with Crippen LogP contribution < -0.4 is 14.4 Å². The predicted octanol–water partition coefficient (Wildman–Crippen LogP) is 3.18. The van der Waals surface area contributed by atoms with Gasteiger partial charge in [0.2, 0.25) is 15.9 Å². The lowest BCUT2D eigenvalue weighted by atomic mass is 10.2. The van der Waals surface area contributed by atoms with E-state index >= 15 is 0 Å². The monoisotopic (exact) mass is 392 g/mol. The molecule has 0 aliphatic heterocycles. The van der Waals surface area contributed by atoms with Crippen LogP contribution in [0.5, 0.6) is 5.75 Å². The number of anilines is 2. The van der Waals surface area contributed by atoms with Gasteiger partial charge in [0.1, 0.15) is 24.2 Å². The molecule has 144 valence electrons. The van der Waals surface area contributed by atoms with E-state index < -0.39 is 27.8 Å². The number of hydrogen-bond donors (Lipinski definition) is 1. The molecule has 27 heavy (non-hydrogen) atoms. The Morgan fingerprint density at radius 3 is 2.63 bits per heavy atom. The van der Waals surface area contributed by atoms with Crippen molar-refractivity contribution in [3.05, 3.63) is 67.0 Å². The molecular weight excluding hydrogens is 371 g/mol. The number of carbonyl (C=O) groups excluding carboxylic acids is 1. The highest BCUT2D eigenvalue weighted by atomic mass is 32.2. The van der Waals surface area contributed by atoms with Gasteiger partial charge in [0.15, 0.2) is 0 Å². The molecule has 1 amide bonds. The van der Waals surface area contributed by atoms with Gasteiger partial charge in [-0.25, -0.2) is 12.8 Å². The number of carbonyl (C=O) groups is 1. The Bertz CT molecular complexity index is 931. The van der Waals surface area contributed by atoms with Crippen LogP contribution in [0.15, 0.2) is 61.2 Å². The highest BCUT2D eigenvalue weighted by Gasteiger charge is 2.29. The summed E-state index contributed by atoms with van der Waals surface area (Å²) < 4.78 is 44.2. The molecule has 0 aliphatic rings. The minimum atomic E-state index is -3.82. The first kappa shape index (κ1) is 20.4. The maximum absolute atomic E-state index is 13.5. The Morgan fingerprint density at radius 2 is 2.00 bits per heavy atom. The standard InChI is InChI=1S/C19H21FN2O4S/c1-4-11-26-18-10-6-8-16(13-18)21-19(23)14(2)22(27(3,24)25)17-9-5-7-15(20)12-17/h4-10,12-14H,1,11H2,2-3H3,(H,21,23)/t14-/m1/s1. The lowest BCUT2D eigenvalue weighted by Crippen LogP contribution is -2.45. The highest BCUT2D eigenvalue weighted by Crippen LogP contribution is 2.23. The van der Waals surface area contributed by atoms with Crippen LogP contribution in [0, 0.1) is 5.82 Å². The van der Waals surface area contributed by atoms with Crippen molar-refractivity contribution in [2.24, 2.45) is 0 Å². The molecule has 6 nitrogen and oxygen atoms in total. The average Bonchev–Trinajstić information content (AvgIpc) is 2.59. The normalized spacial score (nSPS) is 12.1. The molecule has 0 spiro atoms. The first-order valence-corrected chi connectivity index (χ1v) is 9.97. The van der Waals surface area contributed by atoms with Crippen LogP contribution in [-0.4, -0.2) is 33.2 Å². The van der Waals surface area contributed by atoms with Crippen molar-refractivity contribution in [1.29, 1.82) is 0 Å². The second kappa shape index (κ2) is 8.68. The molecule has 0 fully saturated rings. The number of nitrogens with one attached hydrogen (secondary N) is 1. The molecule has 1 atom stereocenters. The van der Waals surface area contributed by atoms with Crippen molar-refractivity contribution in [3.8, 4) is 5.75 Å². The van der Waals surface area contributed by atoms with Gasteiger partial charge in [-0.3, -0.25) is 9.10 Å². The van der Waals surface area contributed by atoms with Gasteiger partial charge in [-0.1, -0.05) is 24.8 Å². The van der Waals surface area contributed by atoms with Gasteiger partial charge >= 0.3 is 0 Å². The number of hydrogen-bond acceptors (Lipinski definition) is 4. The maximum atomic E-state index is 13.5. The second-order valence-electron chi connectivity index (χ2n) is 5.83. The van der Waals surface area contributed by atoms with Crippen LogP contribution in [0.2, 0.25) is 0 Å². The Morgan fingerprint density at radius 1 is 1.30 bits per heavy atom. The second-order valence-corrected chi connectivity index (χ2v) is 7.69. The fourth-order valence-corrected chi connectivity index (χ4v) is 3.65. The molecule has 2 aromatic rings. The number of amides is 1. The van der Waals surface area contributed by atoms with Gasteiger partial charge in [0.05, 0.1) is 11.9 Å². The smallest absolute Gasteiger partial charge is 0.247 e. The molecule has 2 aromatic carbocycles. The van der Waals surface area contributed by atoms with E-state index in [1.54, 1.807) is 30.3 Å². The van der Waals surface area contributed by atoms with E-state index in [2.05, 4.69) is 11.9 Å². The summed E-state index contributed by atoms with van der Waals surface area (Å²) in [4.78, 5) is 12.6. The fourth-order valence-electron chi connectivity index (χ4n) is 2.49. The zero-order valence-electron chi connectivity index (χ0n) is 15.1. The van der Waals surface area contributed by atoms with Gasteiger partial charge in [-0.2, -0.15) is 0 Å². The molecule has 0 saturated heterocycles. The number of rotatable bonds is 8. The molecule has 0 heterocycles. The number of halogens is 1. The molecule has 2 rings (SSSR count). The first-order chi connectivity index (χ1) is 12.7. The van der Waals surface area contributed by atoms with E-state index in [1.807, 2.05) is 0 Å². The van der Waals surface area contributed by atoms with Crippen LogP contribution in [0.3, 0.4) is 0 Å². The Balaban J connectivity index is 2.24. The summed E-state index contributed by atoms with van der Waals surface area (Å²) in [5.74, 6) is -0.628. The lowest BCUT2D eigenvalue weighted by Gasteiger charge is -2.28. The van der Waals surface area contributed by atoms with E-state index in [-0.39, 0.29) is 5.69 Å². The highest BCUT2D eigenvalue weighted by molar-refractivity contribution is 7.92. The molecule has 0 unspecified atom stereocenters. The van der Waals surface area contributed by atoms with Gasteiger partial charge in [-0.15, -0.1) is 0 Å². The molecular formula is C19H21FN2O4S. The largest absolute Gasteiger partial charge is 0.489 e. The molecule has 0 radical (unpaired) electrons. The average molecular weight is 392 g/mol. The third-order valence-electron chi connectivity index (χ3n) is 3.62. The van der Waals surface area contributed by atoms with Crippen molar-refractivity contribution in [3.63, 3.8) is 0 Å². The molecule has 0 aromatic heterocycles. The van der Waals surface area contributed by atoms with E-state index in [1.165, 1.54) is 25.1 Å². The SMILES string of the molecule is C=CCOc1cccc(NC(=O)[C@@H](C)N(c2cccc(F)c2)S(C)(=O)=O)c1. The van der Waals surface area contributed by atoms with Crippen molar-refractivity contribution in [2.75, 3.05) is 22.5 Å². The number of nitrogens with zero attached hydrogens (tertiary/aromatic N) is 1. The van der Waals surface area contributed by atoms with Gasteiger partial charge in [0.25, 0.3) is 0 Å². The Labute approximate surface area is 158 Å². The van der Waals surface area contributed by atoms with E-state index in [0.717, 1.165) is 16.6 Å². The van der Waals surface area contributed by atoms with E-state index in [9.17, 15) is 17.6 Å². The summed E-state index contributed by atoms with van der Waals surface area (Å²) in [6.45, 7) is 5.31. The fraction of sp³-hybridized carbons (Fsp3) is 0.211. The van der Waals surface area contributed by atoms with Crippen molar-refractivity contribution < 1.29 is 22.3 Å². The third-order valence-corrected chi connectivity index (χ3v) is 4.86. The van der Waals surface area contributed by atoms with Gasteiger partial charge in [0, 0.05) is 11.8 Å². The van der Waals surface area contributed by atoms with Crippen LogP contribution in [0.25, 0.3) is 0 Å². The molecule has 8 heteroatoms. The van der Waals surface area contributed by atoms with Crippen LogP contribution in [-0.2, 0) is 14.8 Å². The maximum Gasteiger partial charge on any atom is 0.247 e. The third kappa shape index (κ3) is 5.55. The summed E-state index contributed by atoms with van der Waals surface area (Å²) in [6.07, 6.45) is 2.56. The summed E-state index contributed by atoms with van der Waals surface area (Å²) >= 11 is 0. The summed E-state index contributed by atoms with van der Waals surface area (Å²) in [5.41, 5.74) is 0.518. The minimum Gasteiger partial charge on any atom is -0.489 e.